The van der Waals surface area contributed by atoms with Crippen molar-refractivity contribution in [2.24, 2.45) is 0 Å². The molecular formula is C21H24Cl2N2O4S2. The second-order valence-electron chi connectivity index (χ2n) is 7.02. The predicted molar refractivity (Wildman–Crippen MR) is 126 cm³/mol. The Morgan fingerprint density at radius 1 is 1.16 bits per heavy atom. The first-order valence-electron chi connectivity index (χ1n) is 9.81. The summed E-state index contributed by atoms with van der Waals surface area (Å²) in [6.07, 6.45) is 1.70. The Bertz CT molecular complexity index is 1040. The van der Waals surface area contributed by atoms with Crippen LogP contribution in [0.4, 0.5) is 0 Å². The van der Waals surface area contributed by atoms with E-state index in [1.807, 2.05) is 6.07 Å². The van der Waals surface area contributed by atoms with Crippen LogP contribution in [0.5, 0.6) is 5.75 Å². The smallest absolute Gasteiger partial charge is 0.255 e. The van der Waals surface area contributed by atoms with Crippen LogP contribution in [0.2, 0.25) is 10.0 Å². The van der Waals surface area contributed by atoms with Crippen molar-refractivity contribution in [3.8, 4) is 5.75 Å². The zero-order valence-corrected chi connectivity index (χ0v) is 20.2. The molecule has 6 nitrogen and oxygen atoms in total. The van der Waals surface area contributed by atoms with Gasteiger partial charge in [-0.2, -0.15) is 16.1 Å². The van der Waals surface area contributed by atoms with Crippen LogP contribution in [0.1, 0.15) is 28.8 Å². The molecule has 0 atom stereocenters. The highest BCUT2D eigenvalue weighted by Gasteiger charge is 2.28. The number of carbonyl (C=O) groups is 1. The number of carbonyl (C=O) groups excluding carboxylic acids is 1. The quantitative estimate of drug-likeness (QED) is 0.512. The molecule has 2 aromatic rings. The summed E-state index contributed by atoms with van der Waals surface area (Å²) in [5.74, 6) is 1.32. The van der Waals surface area contributed by atoms with Gasteiger partial charge in [-0.3, -0.25) is 4.79 Å². The van der Waals surface area contributed by atoms with Crippen LogP contribution >= 0.6 is 35.0 Å². The van der Waals surface area contributed by atoms with Gasteiger partial charge in [0.25, 0.3) is 5.91 Å². The molecule has 10 heteroatoms. The molecule has 3 rings (SSSR count). The first-order valence-corrected chi connectivity index (χ1v) is 13.2. The summed E-state index contributed by atoms with van der Waals surface area (Å²) < 4.78 is 32.4. The van der Waals surface area contributed by atoms with Crippen molar-refractivity contribution in [1.82, 2.24) is 9.62 Å². The zero-order valence-electron chi connectivity index (χ0n) is 17.1. The molecule has 0 saturated carbocycles. The monoisotopic (exact) mass is 502 g/mol. The van der Waals surface area contributed by atoms with Gasteiger partial charge >= 0.3 is 0 Å². The molecule has 0 bridgehead atoms. The van der Waals surface area contributed by atoms with Gasteiger partial charge in [0.15, 0.2) is 0 Å². The Kier molecular flexibility index (Phi) is 8.52. The Hall–Kier alpha value is -1.45. The van der Waals surface area contributed by atoms with E-state index in [1.165, 1.54) is 29.6 Å². The van der Waals surface area contributed by atoms with E-state index in [1.54, 1.807) is 23.9 Å². The zero-order chi connectivity index (χ0) is 22.4. The van der Waals surface area contributed by atoms with E-state index in [9.17, 15) is 13.2 Å². The largest absolute Gasteiger partial charge is 0.496 e. The van der Waals surface area contributed by atoms with Crippen LogP contribution in [-0.2, 0) is 15.8 Å². The van der Waals surface area contributed by atoms with Crippen molar-refractivity contribution in [3.05, 3.63) is 57.6 Å². The number of hydrogen-bond acceptors (Lipinski definition) is 5. The fraction of sp³-hybridized carbons (Fsp3) is 0.381. The number of ether oxygens (including phenoxy) is 1. The topological polar surface area (TPSA) is 75.7 Å². The molecule has 2 aromatic carbocycles. The Balaban J connectivity index is 1.60. The number of hydrogen-bond donors (Lipinski definition) is 1. The standard InChI is InChI=1S/C21H24Cl2N2O4S2/c1-29-20-7-6-17(31(27,28)25-9-2-3-10-25)13-18(20)21(26)24-8-11-30-14-15-4-5-16(22)12-19(15)23/h4-7,12-13H,2-3,8-11,14H2,1H3,(H,24,26). The lowest BCUT2D eigenvalue weighted by Crippen LogP contribution is -2.29. The maximum absolute atomic E-state index is 12.8. The molecule has 1 amide bonds. The highest BCUT2D eigenvalue weighted by Crippen LogP contribution is 2.27. The Morgan fingerprint density at radius 2 is 1.90 bits per heavy atom. The molecule has 1 aliphatic heterocycles. The molecule has 168 valence electrons. The van der Waals surface area contributed by atoms with E-state index in [0.29, 0.717) is 46.9 Å². The molecule has 1 fully saturated rings. The highest BCUT2D eigenvalue weighted by molar-refractivity contribution is 7.98. The van der Waals surface area contributed by atoms with Crippen molar-refractivity contribution in [3.63, 3.8) is 0 Å². The summed E-state index contributed by atoms with van der Waals surface area (Å²) >= 11 is 13.7. The Morgan fingerprint density at radius 3 is 2.58 bits per heavy atom. The number of sulfonamides is 1. The van der Waals surface area contributed by atoms with Crippen molar-refractivity contribution in [2.75, 3.05) is 32.5 Å². The summed E-state index contributed by atoms with van der Waals surface area (Å²) in [4.78, 5) is 12.8. The first-order chi connectivity index (χ1) is 14.8. The number of nitrogens with zero attached hydrogens (tertiary/aromatic N) is 1. The molecule has 1 N–H and O–H groups in total. The molecule has 1 aliphatic rings. The molecule has 0 unspecified atom stereocenters. The summed E-state index contributed by atoms with van der Waals surface area (Å²) in [6, 6.07) is 9.77. The van der Waals surface area contributed by atoms with Gasteiger partial charge < -0.3 is 10.1 Å². The maximum atomic E-state index is 12.8. The molecule has 0 spiro atoms. The van der Waals surface area contributed by atoms with Gasteiger partial charge in [-0.1, -0.05) is 29.3 Å². The fourth-order valence-electron chi connectivity index (χ4n) is 3.26. The predicted octanol–water partition coefficient (Wildman–Crippen LogP) is 4.45. The van der Waals surface area contributed by atoms with Crippen molar-refractivity contribution >= 4 is 50.9 Å². The third kappa shape index (κ3) is 6.08. The second-order valence-corrected chi connectivity index (χ2v) is 10.9. The highest BCUT2D eigenvalue weighted by atomic mass is 35.5. The fourth-order valence-corrected chi connectivity index (χ4v) is 6.22. The molecule has 31 heavy (non-hydrogen) atoms. The molecule has 1 heterocycles. The second kappa shape index (κ2) is 10.9. The maximum Gasteiger partial charge on any atom is 0.255 e. The third-order valence-corrected chi connectivity index (χ3v) is 8.41. The van der Waals surface area contributed by atoms with Crippen molar-refractivity contribution in [1.29, 1.82) is 0 Å². The first kappa shape index (κ1) is 24.2. The summed E-state index contributed by atoms with van der Waals surface area (Å²) in [6.45, 7) is 1.43. The summed E-state index contributed by atoms with van der Waals surface area (Å²) in [5.41, 5.74) is 1.18. The number of halogens is 2. The average Bonchev–Trinajstić information content (AvgIpc) is 3.30. The average molecular weight is 503 g/mol. The van der Waals surface area contributed by atoms with Crippen LogP contribution in [0, 0.1) is 0 Å². The van der Waals surface area contributed by atoms with E-state index >= 15 is 0 Å². The van der Waals surface area contributed by atoms with Gasteiger partial charge in [0, 0.05) is 41.2 Å². The lowest BCUT2D eigenvalue weighted by molar-refractivity contribution is 0.0953. The van der Waals surface area contributed by atoms with Crippen LogP contribution in [0.25, 0.3) is 0 Å². The van der Waals surface area contributed by atoms with Crippen LogP contribution in [0.3, 0.4) is 0 Å². The van der Waals surface area contributed by atoms with Crippen LogP contribution < -0.4 is 10.1 Å². The molecule has 0 aromatic heterocycles. The van der Waals surface area contributed by atoms with Crippen LogP contribution in [0.15, 0.2) is 41.3 Å². The van der Waals surface area contributed by atoms with Gasteiger partial charge in [-0.15, -0.1) is 0 Å². The van der Waals surface area contributed by atoms with Gasteiger partial charge in [0.2, 0.25) is 10.0 Å². The van der Waals surface area contributed by atoms with E-state index in [0.717, 1.165) is 18.4 Å². The number of thioether (sulfide) groups is 1. The minimum atomic E-state index is -3.61. The minimum Gasteiger partial charge on any atom is -0.496 e. The van der Waals surface area contributed by atoms with Gasteiger partial charge in [-0.25, -0.2) is 8.42 Å². The van der Waals surface area contributed by atoms with E-state index < -0.39 is 10.0 Å². The number of amides is 1. The molecular weight excluding hydrogens is 479 g/mol. The van der Waals surface area contributed by atoms with E-state index in [4.69, 9.17) is 27.9 Å². The number of nitrogens with one attached hydrogen (secondary N) is 1. The third-order valence-electron chi connectivity index (χ3n) is 4.92. The van der Waals surface area contributed by atoms with Crippen molar-refractivity contribution in [2.45, 2.75) is 23.5 Å². The number of methoxy groups -OCH3 is 1. The minimum absolute atomic E-state index is 0.104. The van der Waals surface area contributed by atoms with Gasteiger partial charge in [0.05, 0.1) is 17.6 Å². The van der Waals surface area contributed by atoms with E-state index in [-0.39, 0.29) is 16.4 Å². The molecule has 1 saturated heterocycles. The van der Waals surface area contributed by atoms with Crippen LogP contribution in [-0.4, -0.2) is 51.1 Å². The van der Waals surface area contributed by atoms with E-state index in [2.05, 4.69) is 5.32 Å². The van der Waals surface area contributed by atoms with Crippen molar-refractivity contribution < 1.29 is 17.9 Å². The molecule has 0 aliphatic carbocycles. The number of rotatable bonds is 9. The summed E-state index contributed by atoms with van der Waals surface area (Å²) in [5, 5.41) is 4.04. The summed E-state index contributed by atoms with van der Waals surface area (Å²) in [7, 11) is -2.16. The van der Waals surface area contributed by atoms with Gasteiger partial charge in [0.1, 0.15) is 5.75 Å². The van der Waals surface area contributed by atoms with Gasteiger partial charge in [-0.05, 0) is 48.7 Å². The SMILES string of the molecule is COc1ccc(S(=O)(=O)N2CCCC2)cc1C(=O)NCCSCc1ccc(Cl)cc1Cl. The Labute approximate surface area is 197 Å². The lowest BCUT2D eigenvalue weighted by atomic mass is 10.2. The number of benzene rings is 2. The normalized spacial score (nSPS) is 14.5. The lowest BCUT2D eigenvalue weighted by Gasteiger charge is -2.17. The molecule has 0 radical (unpaired) electrons.